The van der Waals surface area contributed by atoms with E-state index in [4.69, 9.17) is 16.2 Å². The number of fused-ring (bicyclic) bond motifs is 2. The first-order valence-corrected chi connectivity index (χ1v) is 15.7. The average molecular weight is 532 g/mol. The van der Waals surface area contributed by atoms with Gasteiger partial charge in [-0.2, -0.15) is 0 Å². The van der Waals surface area contributed by atoms with Crippen LogP contribution in [0.4, 0.5) is 0 Å². The van der Waals surface area contributed by atoms with Crippen LogP contribution in [0.15, 0.2) is 0 Å². The Morgan fingerprint density at radius 1 is 1.03 bits per heavy atom. The molecule has 0 spiro atoms. The van der Waals surface area contributed by atoms with Gasteiger partial charge in [0.05, 0.1) is 12.2 Å². The fourth-order valence-electron chi connectivity index (χ4n) is 9.74. The molecule has 6 heteroatoms. The fourth-order valence-corrected chi connectivity index (χ4v) is 9.74. The fraction of sp³-hybridized carbons (Fsp3) is 0.938. The van der Waals surface area contributed by atoms with E-state index in [1.54, 1.807) is 6.92 Å². The lowest BCUT2D eigenvalue weighted by Gasteiger charge is -2.65. The lowest BCUT2D eigenvalue weighted by molar-refractivity contribution is -0.349. The van der Waals surface area contributed by atoms with Gasteiger partial charge in [-0.15, -0.1) is 0 Å². The maximum absolute atomic E-state index is 11.4. The number of unbranched alkanes of at least 4 members (excludes halogenated alkanes) is 4. The monoisotopic (exact) mass is 531 g/mol. The minimum atomic E-state index is -0.383. The molecule has 0 bridgehead atoms. The van der Waals surface area contributed by atoms with E-state index in [9.17, 15) is 15.0 Å². The number of hydrogen-bond acceptors (Lipinski definition) is 4. The van der Waals surface area contributed by atoms with Crippen molar-refractivity contribution >= 4 is 5.91 Å². The van der Waals surface area contributed by atoms with E-state index < -0.39 is 0 Å². The standard InChI is InChI=1S/C32H54N2O4/c1-7-8-15-32-29(4,24-20-27(37)26-21-25(36)13-16-28(26,3)22-24)17-18-31(32,33-6)30(5,38-32)14-11-9-10-12-19-34-23(2)35/h6,24-27,36-37H,7-22H2,1-5H3/p+1. The van der Waals surface area contributed by atoms with Gasteiger partial charge in [0.15, 0.2) is 11.2 Å². The van der Waals surface area contributed by atoms with Gasteiger partial charge in [-0.3, -0.25) is 4.79 Å². The maximum atomic E-state index is 11.4. The van der Waals surface area contributed by atoms with Crippen LogP contribution >= 0.6 is 0 Å². The molecular weight excluding hydrogens is 476 g/mol. The summed E-state index contributed by atoms with van der Waals surface area (Å²) in [5.74, 6) is 0.574. The van der Waals surface area contributed by atoms with E-state index in [0.717, 1.165) is 103 Å². The third-order valence-corrected chi connectivity index (χ3v) is 12.0. The number of carbonyl (C=O) groups excluding carboxylic acids is 1. The minimum absolute atomic E-state index is 0.0376. The van der Waals surface area contributed by atoms with Gasteiger partial charge in [-0.1, -0.05) is 57.7 Å². The number of nitrogens with one attached hydrogen (secondary N) is 1. The molecule has 4 rings (SSSR count). The number of ether oxygens (including phenoxy) is 1. The molecule has 1 aliphatic heterocycles. The van der Waals surface area contributed by atoms with Gasteiger partial charge in [0.2, 0.25) is 5.91 Å². The number of rotatable bonds is 11. The summed E-state index contributed by atoms with van der Waals surface area (Å²) >= 11 is 0. The number of aliphatic hydroxyl groups is 2. The zero-order chi connectivity index (χ0) is 27.8. The highest BCUT2D eigenvalue weighted by Crippen LogP contribution is 2.75. The van der Waals surface area contributed by atoms with Crippen molar-refractivity contribution in [1.82, 2.24) is 5.32 Å². The van der Waals surface area contributed by atoms with Gasteiger partial charge in [-0.05, 0) is 82.0 Å². The molecule has 0 radical (unpaired) electrons. The van der Waals surface area contributed by atoms with Crippen molar-refractivity contribution in [2.24, 2.45) is 22.7 Å². The molecule has 216 valence electrons. The Morgan fingerprint density at radius 2 is 1.76 bits per heavy atom. The second kappa shape index (κ2) is 11.0. The highest BCUT2D eigenvalue weighted by atomic mass is 16.6. The topological polar surface area (TPSA) is 83.2 Å². The van der Waals surface area contributed by atoms with E-state index in [0.29, 0.717) is 5.92 Å². The molecule has 6 nitrogen and oxygen atoms in total. The van der Waals surface area contributed by atoms with Crippen molar-refractivity contribution < 1.29 is 19.7 Å². The third kappa shape index (κ3) is 4.63. The van der Waals surface area contributed by atoms with Gasteiger partial charge < -0.3 is 20.3 Å². The molecule has 3 aliphatic carbocycles. The lowest BCUT2D eigenvalue weighted by Crippen LogP contribution is -2.80. The Balaban J connectivity index is 1.51. The molecule has 0 aromatic rings. The zero-order valence-corrected chi connectivity index (χ0v) is 24.9. The Bertz CT molecular complexity index is 904. The Morgan fingerprint density at radius 3 is 2.45 bits per heavy atom. The van der Waals surface area contributed by atoms with Crippen LogP contribution in [0.5, 0.6) is 0 Å². The first kappa shape index (κ1) is 29.8. The van der Waals surface area contributed by atoms with Crippen molar-refractivity contribution in [3.63, 3.8) is 0 Å². The highest BCUT2D eigenvalue weighted by Gasteiger charge is 2.89. The van der Waals surface area contributed by atoms with Crippen LogP contribution in [0.3, 0.4) is 0 Å². The minimum Gasteiger partial charge on any atom is -0.393 e. The van der Waals surface area contributed by atoms with Gasteiger partial charge in [0.25, 0.3) is 6.57 Å². The number of nitrogens with zero attached hydrogens (tertiary/aromatic N) is 1. The normalized spacial score (nSPS) is 45.9. The number of amides is 1. The summed E-state index contributed by atoms with van der Waals surface area (Å²) in [5.41, 5.74) is -1.16. The molecule has 3 N–H and O–H groups in total. The largest absolute Gasteiger partial charge is 0.393 e. The summed E-state index contributed by atoms with van der Waals surface area (Å²) in [5, 5.41) is 24.6. The van der Waals surface area contributed by atoms with Crippen LogP contribution in [0.1, 0.15) is 131 Å². The second-order valence-corrected chi connectivity index (χ2v) is 14.2. The van der Waals surface area contributed by atoms with E-state index in [1.165, 1.54) is 0 Å². The quantitative estimate of drug-likeness (QED) is 0.276. The van der Waals surface area contributed by atoms with Crippen LogP contribution in [-0.2, 0) is 9.53 Å². The SMILES string of the molecule is C#[N+]C12CCC(C)(C3CC(O)C4CC(O)CCC4(C)C3)C1(CCCC)OC2(C)CCCCCCNC(C)=O. The Hall–Kier alpha value is -1.16. The van der Waals surface area contributed by atoms with Crippen molar-refractivity contribution in [3.05, 3.63) is 4.85 Å². The Labute approximate surface area is 231 Å². The predicted molar refractivity (Wildman–Crippen MR) is 152 cm³/mol. The first-order valence-electron chi connectivity index (χ1n) is 15.7. The smallest absolute Gasteiger partial charge is 0.337 e. The van der Waals surface area contributed by atoms with Crippen molar-refractivity contribution in [1.29, 1.82) is 0 Å². The number of hydrogen-bond donors (Lipinski definition) is 3. The molecule has 1 amide bonds. The van der Waals surface area contributed by atoms with Crippen LogP contribution in [0.25, 0.3) is 4.85 Å². The molecule has 4 aliphatic rings. The van der Waals surface area contributed by atoms with Crippen LogP contribution in [0.2, 0.25) is 0 Å². The van der Waals surface area contributed by atoms with E-state index in [-0.39, 0.29) is 51.6 Å². The van der Waals surface area contributed by atoms with Gasteiger partial charge in [0, 0.05) is 25.3 Å². The predicted octanol–water partition coefficient (Wildman–Crippen LogP) is 6.23. The second-order valence-electron chi connectivity index (χ2n) is 14.2. The van der Waals surface area contributed by atoms with E-state index in [1.807, 2.05) is 0 Å². The first-order chi connectivity index (χ1) is 17.9. The molecule has 0 aromatic carbocycles. The molecule has 1 heterocycles. The summed E-state index contributed by atoms with van der Waals surface area (Å²) < 4.78 is 7.23. The van der Waals surface area contributed by atoms with E-state index in [2.05, 4.69) is 33.0 Å². The van der Waals surface area contributed by atoms with Crippen molar-refractivity contribution in [2.45, 2.75) is 160 Å². The summed E-state index contributed by atoms with van der Waals surface area (Å²) in [6, 6.07) is 0. The summed E-state index contributed by atoms with van der Waals surface area (Å²) in [6.07, 6.45) is 14.1. The third-order valence-electron chi connectivity index (χ3n) is 12.0. The molecule has 3 saturated carbocycles. The van der Waals surface area contributed by atoms with Crippen LogP contribution < -0.4 is 5.32 Å². The van der Waals surface area contributed by atoms with Crippen LogP contribution in [0, 0.1) is 29.2 Å². The summed E-state index contributed by atoms with van der Waals surface area (Å²) in [6.45, 7) is 18.0. The summed E-state index contributed by atoms with van der Waals surface area (Å²) in [4.78, 5) is 15.9. The highest BCUT2D eigenvalue weighted by molar-refractivity contribution is 5.72. The zero-order valence-electron chi connectivity index (χ0n) is 24.9. The lowest BCUT2D eigenvalue weighted by atomic mass is 9.47. The number of aliphatic hydroxyl groups excluding tert-OH is 2. The molecule has 0 aromatic heterocycles. The van der Waals surface area contributed by atoms with Gasteiger partial charge >= 0.3 is 5.54 Å². The van der Waals surface area contributed by atoms with E-state index >= 15 is 0 Å². The Kier molecular flexibility index (Phi) is 8.64. The molecule has 38 heavy (non-hydrogen) atoms. The molecular formula is C32H55N2O4+. The molecule has 9 atom stereocenters. The van der Waals surface area contributed by atoms with Crippen molar-refractivity contribution in [3.8, 4) is 6.57 Å². The van der Waals surface area contributed by atoms with Gasteiger partial charge in [-0.25, -0.2) is 0 Å². The number of carbonyl (C=O) groups is 1. The van der Waals surface area contributed by atoms with Crippen molar-refractivity contribution in [2.75, 3.05) is 6.54 Å². The maximum Gasteiger partial charge on any atom is 0.337 e. The molecule has 9 unspecified atom stereocenters. The average Bonchev–Trinajstić information content (AvgIpc) is 3.07. The molecule has 4 fully saturated rings. The van der Waals surface area contributed by atoms with Crippen LogP contribution in [-0.4, -0.2) is 51.6 Å². The summed E-state index contributed by atoms with van der Waals surface area (Å²) in [7, 11) is 0. The van der Waals surface area contributed by atoms with Gasteiger partial charge in [0.1, 0.15) is 0 Å². The molecule has 1 saturated heterocycles.